The van der Waals surface area contributed by atoms with Crippen molar-refractivity contribution in [2.75, 3.05) is 0 Å². The molecule has 15 nitrogen and oxygen atoms in total. The molecule has 6 aromatic carbocycles. The summed E-state index contributed by atoms with van der Waals surface area (Å²) in [4.78, 5) is 90.1. The van der Waals surface area contributed by atoms with Gasteiger partial charge in [0, 0.05) is 4.86 Å². The lowest BCUT2D eigenvalue weighted by Crippen LogP contribution is -2.39. The lowest BCUT2D eigenvalue weighted by Gasteiger charge is -2.31. The van der Waals surface area contributed by atoms with E-state index in [-0.39, 0.29) is 33.4 Å². The van der Waals surface area contributed by atoms with Crippen LogP contribution in [0.1, 0.15) is 62.1 Å². The molecule has 1 aliphatic rings. The summed E-state index contributed by atoms with van der Waals surface area (Å²) < 4.78 is 40.7. The number of carbonyl (C=O) groups excluding carboxylic acids is 6. The molecule has 6 aromatic rings. The topological polar surface area (TPSA) is 194 Å². The van der Waals surface area contributed by atoms with E-state index in [0.29, 0.717) is 0 Å². The quantitative estimate of drug-likeness (QED) is 0.110. The van der Waals surface area contributed by atoms with Gasteiger partial charge in [-0.15, -0.1) is 0 Å². The van der Waals surface area contributed by atoms with Crippen molar-refractivity contribution in [3.8, 4) is 0 Å². The first-order chi connectivity index (χ1) is 29.1. The van der Waals surface area contributed by atoms with Crippen LogP contribution in [-0.4, -0.2) is 35.8 Å². The highest BCUT2D eigenvalue weighted by Gasteiger charge is 2.77. The van der Waals surface area contributed by atoms with Gasteiger partial charge in [0.25, 0.3) is 0 Å². The molecule has 7 rings (SSSR count). The predicted molar refractivity (Wildman–Crippen MR) is 221 cm³/mol. The Morgan fingerprint density at radius 2 is 0.617 bits per heavy atom. The van der Waals surface area contributed by atoms with E-state index in [4.69, 9.17) is 27.1 Å². The molecule has 0 spiro atoms. The third-order valence-corrected chi connectivity index (χ3v) is 16.6. The molecule has 1 heterocycles. The Hall–Kier alpha value is -6.85. The highest BCUT2D eigenvalue weighted by atomic mass is 31.3. The van der Waals surface area contributed by atoms with Gasteiger partial charge in [0.15, 0.2) is 0 Å². The third-order valence-electron chi connectivity index (χ3n) is 8.06. The van der Waals surface area contributed by atoms with Crippen molar-refractivity contribution in [3.05, 3.63) is 215 Å². The molecule has 18 heteroatoms. The van der Waals surface area contributed by atoms with Gasteiger partial charge in [-0.3, -0.25) is 0 Å². The van der Waals surface area contributed by atoms with E-state index in [9.17, 15) is 28.8 Å². The smallest absolute Gasteiger partial charge is 0.378 e. The van der Waals surface area contributed by atoms with Gasteiger partial charge in [-0.2, -0.15) is 0 Å². The number of hydrogen-bond acceptors (Lipinski definition) is 15. The fourth-order valence-electron chi connectivity index (χ4n) is 5.29. The molecule has 1 aliphatic heterocycles. The average molecular weight is 864 g/mol. The van der Waals surface area contributed by atoms with Gasteiger partial charge in [-0.05, 0) is 72.8 Å². The first-order valence-electron chi connectivity index (χ1n) is 17.8. The van der Waals surface area contributed by atoms with Crippen LogP contribution in [0.4, 0.5) is 0 Å². The van der Waals surface area contributed by atoms with Crippen molar-refractivity contribution < 1.29 is 55.9 Å². The third kappa shape index (κ3) is 10.0. The molecule has 0 saturated heterocycles. The molecule has 0 saturated carbocycles. The summed E-state index contributed by atoms with van der Waals surface area (Å²) in [5.74, 6) is -6.84. The summed E-state index contributed by atoms with van der Waals surface area (Å²) in [7, 11) is -15.1. The predicted octanol–water partition coefficient (Wildman–Crippen LogP) is 9.62. The lowest BCUT2D eigenvalue weighted by atomic mass is 10.2. The van der Waals surface area contributed by atoms with Gasteiger partial charge in [-0.1, -0.05) is 109 Å². The normalized spacial score (nSPS) is 14.5. The van der Waals surface area contributed by atoms with Gasteiger partial charge >= 0.3 is 59.5 Å². The molecule has 60 heavy (non-hydrogen) atoms. The number of carbonyl (C=O) groups is 6. The number of benzene rings is 6. The highest BCUT2D eigenvalue weighted by molar-refractivity contribution is 7.89. The largest absolute Gasteiger partial charge is 0.624 e. The second kappa shape index (κ2) is 18.4. The molecule has 0 amide bonds. The summed E-state index contributed by atoms with van der Waals surface area (Å²) in [6.45, 7) is 0. The molecule has 0 bridgehead atoms. The SMILES string of the molecule is O=C(OP1(OC(=O)c2ccccc2)=N[P+](OC(=O)c2ccccc2)(OC(=O)c2ccccc2)N[P+](OC(=O)c2ccccc2)(OC(=O)c2ccccc2)N1)c1ccccc1. The van der Waals surface area contributed by atoms with E-state index in [1.54, 1.807) is 36.4 Å². The fourth-order valence-corrected chi connectivity index (χ4v) is 14.8. The molecular weight excluding hydrogens is 831 g/mol. The fraction of sp³-hybridized carbons (Fsp3) is 0. The Bertz CT molecular complexity index is 2410. The van der Waals surface area contributed by atoms with Crippen molar-refractivity contribution in [1.29, 1.82) is 0 Å². The van der Waals surface area contributed by atoms with E-state index < -0.39 is 59.5 Å². The molecule has 2 N–H and O–H groups in total. The Kier molecular flexibility index (Phi) is 12.7. The second-order valence-electron chi connectivity index (χ2n) is 12.4. The minimum atomic E-state index is -5.06. The number of rotatable bonds is 12. The summed E-state index contributed by atoms with van der Waals surface area (Å²) in [5.41, 5.74) is -0.391. The molecule has 300 valence electrons. The Balaban J connectivity index is 1.49. The van der Waals surface area contributed by atoms with Crippen LogP contribution in [0.3, 0.4) is 0 Å². The van der Waals surface area contributed by atoms with Gasteiger partial charge in [0.2, 0.25) is 0 Å². The molecule has 0 radical (unpaired) electrons. The van der Waals surface area contributed by atoms with E-state index in [2.05, 4.69) is 14.2 Å². The van der Waals surface area contributed by atoms with E-state index in [0.717, 1.165) is 0 Å². The lowest BCUT2D eigenvalue weighted by molar-refractivity contribution is 0.0637. The van der Waals surface area contributed by atoms with Crippen LogP contribution < -0.4 is 9.72 Å². The van der Waals surface area contributed by atoms with Crippen LogP contribution in [0.25, 0.3) is 0 Å². The van der Waals surface area contributed by atoms with Crippen molar-refractivity contribution in [1.82, 2.24) is 9.72 Å². The van der Waals surface area contributed by atoms with Gasteiger partial charge < -0.3 is 9.05 Å². The van der Waals surface area contributed by atoms with Crippen LogP contribution in [0.15, 0.2) is 187 Å². The maximum Gasteiger partial charge on any atom is 0.624 e. The average Bonchev–Trinajstić information content (AvgIpc) is 3.27. The first kappa shape index (κ1) is 41.3. The van der Waals surface area contributed by atoms with Crippen LogP contribution in [0.2, 0.25) is 0 Å². The first-order valence-corrected chi connectivity index (χ1v) is 22.6. The minimum absolute atomic E-state index is 0.0586. The number of nitrogens with one attached hydrogen (secondary N) is 2. The zero-order valence-electron chi connectivity index (χ0n) is 31.0. The minimum Gasteiger partial charge on any atom is -0.378 e. The Morgan fingerprint density at radius 3 is 0.900 bits per heavy atom. The molecular formula is C42H32N3O12P3+2. The summed E-state index contributed by atoms with van der Waals surface area (Å²) >= 11 is 0. The molecule has 0 atom stereocenters. The summed E-state index contributed by atoms with van der Waals surface area (Å²) in [6.07, 6.45) is 0. The molecule has 0 aliphatic carbocycles. The maximum atomic E-state index is 14.1. The Morgan fingerprint density at radius 1 is 0.367 bits per heavy atom. The van der Waals surface area contributed by atoms with Crippen molar-refractivity contribution in [2.45, 2.75) is 0 Å². The van der Waals surface area contributed by atoms with Gasteiger partial charge in [0.1, 0.15) is 4.86 Å². The zero-order valence-corrected chi connectivity index (χ0v) is 33.7. The van der Waals surface area contributed by atoms with E-state index >= 15 is 0 Å². The van der Waals surface area contributed by atoms with Crippen LogP contribution in [0.5, 0.6) is 0 Å². The standard InChI is InChI=1S/C42H32N3O12P3/c46-37(31-19-7-1-8-20-31)52-58(53-38(47)32-21-9-2-10-22-32)43-59(54-39(48)33-23-11-3-12-24-33,55-40(49)34-25-13-4-14-26-34)45-60(44-58,56-41(50)35-27-15-5-16-28-35)57-42(51)36-29-17-6-18-30-36/h1-30,43-44H/q+2. The second-order valence-corrected chi connectivity index (χ2v) is 18.9. The van der Waals surface area contributed by atoms with Crippen LogP contribution >= 0.6 is 23.7 Å². The number of hydrogen-bond donors (Lipinski definition) is 2. The van der Waals surface area contributed by atoms with Gasteiger partial charge in [-0.25, -0.2) is 46.9 Å². The maximum absolute atomic E-state index is 14.1. The van der Waals surface area contributed by atoms with Crippen LogP contribution in [0, 0.1) is 0 Å². The highest BCUT2D eigenvalue weighted by Crippen LogP contribution is 2.82. The zero-order chi connectivity index (χ0) is 42.0. The molecule has 0 aromatic heterocycles. The van der Waals surface area contributed by atoms with Gasteiger partial charge in [0.05, 0.1) is 37.9 Å². The molecule has 0 unspecified atom stereocenters. The number of nitrogens with zero attached hydrogens (tertiary/aromatic N) is 1. The van der Waals surface area contributed by atoms with Crippen molar-refractivity contribution in [3.63, 3.8) is 0 Å². The monoisotopic (exact) mass is 863 g/mol. The summed E-state index contributed by atoms with van der Waals surface area (Å²) in [5, 5.41) is 0. The van der Waals surface area contributed by atoms with E-state index in [1.807, 2.05) is 0 Å². The van der Waals surface area contributed by atoms with Crippen LogP contribution in [-0.2, 0) is 27.1 Å². The summed E-state index contributed by atoms with van der Waals surface area (Å²) in [6, 6.07) is 44.9. The Labute approximate surface area is 344 Å². The van der Waals surface area contributed by atoms with Crippen molar-refractivity contribution in [2.24, 2.45) is 4.52 Å². The van der Waals surface area contributed by atoms with E-state index in [1.165, 1.54) is 146 Å². The van der Waals surface area contributed by atoms with Crippen molar-refractivity contribution >= 4 is 59.5 Å². The molecule has 0 fully saturated rings.